The zero-order valence-electron chi connectivity index (χ0n) is 18.7. The molecule has 0 aromatic heterocycles. The molecule has 4 heteroatoms. The van der Waals surface area contributed by atoms with Crippen LogP contribution in [-0.2, 0) is 0 Å². The van der Waals surface area contributed by atoms with Crippen LogP contribution in [-0.4, -0.2) is 24.0 Å². The standard InChI is InChI=1S/C29H28N4/c1-21(33-29(23-14-6-3-7-15-23)25-17-9-11-19-27(25)31)20-32-28(22-12-4-2-5-13-22)24-16-8-10-18-26(24)30/h2-19,21H,20,30-31H2,1H3. The summed E-state index contributed by atoms with van der Waals surface area (Å²) in [5, 5.41) is 0. The van der Waals surface area contributed by atoms with Crippen LogP contribution in [0.15, 0.2) is 119 Å². The Morgan fingerprint density at radius 2 is 1.03 bits per heavy atom. The Kier molecular flexibility index (Phi) is 6.96. The van der Waals surface area contributed by atoms with E-state index in [1.54, 1.807) is 0 Å². The van der Waals surface area contributed by atoms with Gasteiger partial charge in [-0.05, 0) is 19.1 Å². The largest absolute Gasteiger partial charge is 0.398 e. The summed E-state index contributed by atoms with van der Waals surface area (Å²) in [7, 11) is 0. The van der Waals surface area contributed by atoms with Crippen LogP contribution in [0.25, 0.3) is 0 Å². The van der Waals surface area contributed by atoms with Crippen LogP contribution >= 0.6 is 0 Å². The topological polar surface area (TPSA) is 76.8 Å². The second kappa shape index (κ2) is 10.4. The third-order valence-electron chi connectivity index (χ3n) is 5.39. The molecule has 1 atom stereocenters. The maximum atomic E-state index is 6.30. The molecule has 0 aliphatic rings. The van der Waals surface area contributed by atoms with Crippen LogP contribution in [0.3, 0.4) is 0 Å². The summed E-state index contributed by atoms with van der Waals surface area (Å²) in [6, 6.07) is 35.9. The fraction of sp³-hybridized carbons (Fsp3) is 0.103. The minimum Gasteiger partial charge on any atom is -0.398 e. The van der Waals surface area contributed by atoms with Gasteiger partial charge in [0.15, 0.2) is 0 Å². The van der Waals surface area contributed by atoms with Crippen molar-refractivity contribution in [1.29, 1.82) is 0 Å². The molecule has 164 valence electrons. The molecule has 4 aromatic carbocycles. The number of aliphatic imine (C=N–C) groups is 2. The van der Waals surface area contributed by atoms with Crippen molar-refractivity contribution < 1.29 is 0 Å². The zero-order chi connectivity index (χ0) is 23.0. The Morgan fingerprint density at radius 3 is 1.55 bits per heavy atom. The number of hydrogen-bond donors (Lipinski definition) is 2. The number of anilines is 2. The highest BCUT2D eigenvalue weighted by atomic mass is 14.9. The molecule has 4 aromatic rings. The fourth-order valence-corrected chi connectivity index (χ4v) is 3.73. The summed E-state index contributed by atoms with van der Waals surface area (Å²) < 4.78 is 0. The number of para-hydroxylation sites is 2. The Hall–Kier alpha value is -4.18. The Labute approximate surface area is 195 Å². The van der Waals surface area contributed by atoms with Gasteiger partial charge in [0.25, 0.3) is 0 Å². The van der Waals surface area contributed by atoms with Gasteiger partial charge < -0.3 is 11.5 Å². The van der Waals surface area contributed by atoms with Crippen molar-refractivity contribution >= 4 is 22.8 Å². The lowest BCUT2D eigenvalue weighted by Crippen LogP contribution is -2.15. The minimum atomic E-state index is -0.0662. The number of hydrogen-bond acceptors (Lipinski definition) is 4. The molecule has 0 bridgehead atoms. The second-order valence-corrected chi connectivity index (χ2v) is 7.92. The first-order valence-corrected chi connectivity index (χ1v) is 11.1. The summed E-state index contributed by atoms with van der Waals surface area (Å²) in [5.74, 6) is 0. The Bertz CT molecular complexity index is 1260. The third-order valence-corrected chi connectivity index (χ3v) is 5.39. The summed E-state index contributed by atoms with van der Waals surface area (Å²) in [6.45, 7) is 2.59. The van der Waals surface area contributed by atoms with Crippen molar-refractivity contribution in [3.05, 3.63) is 131 Å². The summed E-state index contributed by atoms with van der Waals surface area (Å²) in [4.78, 5) is 10.0. The van der Waals surface area contributed by atoms with E-state index < -0.39 is 0 Å². The quantitative estimate of drug-likeness (QED) is 0.294. The van der Waals surface area contributed by atoms with Crippen LogP contribution in [0.5, 0.6) is 0 Å². The van der Waals surface area contributed by atoms with E-state index in [4.69, 9.17) is 21.5 Å². The first kappa shape index (κ1) is 22.0. The number of nitrogens with two attached hydrogens (primary N) is 2. The first-order valence-electron chi connectivity index (χ1n) is 11.1. The van der Waals surface area contributed by atoms with E-state index in [1.165, 1.54) is 0 Å². The maximum absolute atomic E-state index is 6.30. The van der Waals surface area contributed by atoms with Gasteiger partial charge in [0, 0.05) is 33.6 Å². The number of nitrogen functional groups attached to an aromatic ring is 2. The van der Waals surface area contributed by atoms with Gasteiger partial charge in [-0.25, -0.2) is 0 Å². The molecule has 0 fully saturated rings. The van der Waals surface area contributed by atoms with E-state index in [9.17, 15) is 0 Å². The zero-order valence-corrected chi connectivity index (χ0v) is 18.7. The molecule has 4 nitrogen and oxygen atoms in total. The lowest BCUT2D eigenvalue weighted by atomic mass is 10.00. The Balaban J connectivity index is 1.71. The van der Waals surface area contributed by atoms with E-state index in [0.717, 1.165) is 33.7 Å². The van der Waals surface area contributed by atoms with Crippen LogP contribution in [0.1, 0.15) is 29.2 Å². The molecular weight excluding hydrogens is 404 g/mol. The molecule has 0 amide bonds. The maximum Gasteiger partial charge on any atom is 0.0743 e. The van der Waals surface area contributed by atoms with Gasteiger partial charge in [-0.15, -0.1) is 0 Å². The van der Waals surface area contributed by atoms with Gasteiger partial charge in [-0.2, -0.15) is 0 Å². The van der Waals surface area contributed by atoms with Crippen molar-refractivity contribution in [3.8, 4) is 0 Å². The van der Waals surface area contributed by atoms with Crippen molar-refractivity contribution in [3.63, 3.8) is 0 Å². The van der Waals surface area contributed by atoms with E-state index in [2.05, 4.69) is 31.2 Å². The van der Waals surface area contributed by atoms with Crippen LogP contribution in [0.4, 0.5) is 11.4 Å². The van der Waals surface area contributed by atoms with Gasteiger partial charge in [-0.1, -0.05) is 97.1 Å². The highest BCUT2D eigenvalue weighted by Crippen LogP contribution is 2.20. The fourth-order valence-electron chi connectivity index (χ4n) is 3.73. The SMILES string of the molecule is CC(CN=C(c1ccccc1)c1ccccc1N)N=C(c1ccccc1)c1ccccc1N. The molecule has 0 radical (unpaired) electrons. The normalized spacial score (nSPS) is 13.0. The number of benzene rings is 4. The van der Waals surface area contributed by atoms with E-state index in [0.29, 0.717) is 17.9 Å². The molecule has 0 heterocycles. The highest BCUT2D eigenvalue weighted by molar-refractivity contribution is 6.16. The average molecular weight is 433 g/mol. The Morgan fingerprint density at radius 1 is 0.606 bits per heavy atom. The number of nitrogens with zero attached hydrogens (tertiary/aromatic N) is 2. The molecule has 0 saturated heterocycles. The summed E-state index contributed by atoms with van der Waals surface area (Å²) in [5.41, 5.74) is 19.7. The molecular formula is C29H28N4. The van der Waals surface area contributed by atoms with Crippen molar-refractivity contribution in [2.75, 3.05) is 18.0 Å². The molecule has 0 aliphatic heterocycles. The molecule has 0 spiro atoms. The highest BCUT2D eigenvalue weighted by Gasteiger charge is 2.13. The predicted octanol–water partition coefficient (Wildman–Crippen LogP) is 5.61. The lowest BCUT2D eigenvalue weighted by Gasteiger charge is -2.14. The monoisotopic (exact) mass is 432 g/mol. The molecule has 0 saturated carbocycles. The van der Waals surface area contributed by atoms with Gasteiger partial charge in [0.2, 0.25) is 0 Å². The molecule has 33 heavy (non-hydrogen) atoms. The van der Waals surface area contributed by atoms with Gasteiger partial charge in [0.05, 0.1) is 24.0 Å². The average Bonchev–Trinajstić information content (AvgIpc) is 2.85. The summed E-state index contributed by atoms with van der Waals surface area (Å²) in [6.07, 6.45) is 0. The summed E-state index contributed by atoms with van der Waals surface area (Å²) >= 11 is 0. The lowest BCUT2D eigenvalue weighted by molar-refractivity contribution is 0.757. The smallest absolute Gasteiger partial charge is 0.0743 e. The minimum absolute atomic E-state index is 0.0662. The van der Waals surface area contributed by atoms with E-state index >= 15 is 0 Å². The molecule has 4 N–H and O–H groups in total. The van der Waals surface area contributed by atoms with Crippen molar-refractivity contribution in [2.24, 2.45) is 9.98 Å². The van der Waals surface area contributed by atoms with Gasteiger partial charge in [0.1, 0.15) is 0 Å². The first-order chi connectivity index (χ1) is 16.1. The van der Waals surface area contributed by atoms with Gasteiger partial charge in [-0.3, -0.25) is 9.98 Å². The number of rotatable bonds is 7. The van der Waals surface area contributed by atoms with Crippen molar-refractivity contribution in [1.82, 2.24) is 0 Å². The van der Waals surface area contributed by atoms with Crippen LogP contribution in [0, 0.1) is 0 Å². The van der Waals surface area contributed by atoms with Crippen LogP contribution < -0.4 is 11.5 Å². The van der Waals surface area contributed by atoms with Gasteiger partial charge >= 0.3 is 0 Å². The molecule has 0 aliphatic carbocycles. The van der Waals surface area contributed by atoms with Crippen molar-refractivity contribution in [2.45, 2.75) is 13.0 Å². The molecule has 1 unspecified atom stereocenters. The second-order valence-electron chi connectivity index (χ2n) is 7.92. The van der Waals surface area contributed by atoms with Crippen LogP contribution in [0.2, 0.25) is 0 Å². The van der Waals surface area contributed by atoms with E-state index in [1.807, 2.05) is 84.9 Å². The third kappa shape index (κ3) is 5.36. The predicted molar refractivity (Wildman–Crippen MR) is 140 cm³/mol. The molecule has 4 rings (SSSR count). The van der Waals surface area contributed by atoms with E-state index in [-0.39, 0.29) is 6.04 Å².